The summed E-state index contributed by atoms with van der Waals surface area (Å²) in [5, 5.41) is 0. The number of hydrogen-bond donors (Lipinski definition) is 0. The van der Waals surface area contributed by atoms with Gasteiger partial charge in [-0.05, 0) is 75.5 Å². The van der Waals surface area contributed by atoms with E-state index in [1.807, 2.05) is 0 Å². The molecule has 2 nitrogen and oxygen atoms in total. The largest absolute Gasteiger partial charge is 0.303 e. The van der Waals surface area contributed by atoms with Gasteiger partial charge in [0.25, 0.3) is 0 Å². The first-order valence-electron chi connectivity index (χ1n) is 8.99. The molecule has 0 spiro atoms. The van der Waals surface area contributed by atoms with Crippen molar-refractivity contribution in [1.82, 2.24) is 9.80 Å². The minimum absolute atomic E-state index is 0.821. The monoisotopic (exact) mass is 280 g/mol. The molecule has 0 unspecified atom stereocenters. The van der Waals surface area contributed by atoms with Crippen molar-refractivity contribution < 1.29 is 0 Å². The van der Waals surface area contributed by atoms with Gasteiger partial charge in [0.05, 0.1) is 0 Å². The highest BCUT2D eigenvalue weighted by Gasteiger charge is 2.25. The molecule has 0 bridgehead atoms. The maximum absolute atomic E-state index is 2.75. The highest BCUT2D eigenvalue weighted by molar-refractivity contribution is 4.79. The molecule has 0 amide bonds. The summed E-state index contributed by atoms with van der Waals surface area (Å²) in [7, 11) is 0. The van der Waals surface area contributed by atoms with Crippen molar-refractivity contribution in [3.8, 4) is 0 Å². The maximum atomic E-state index is 2.75. The van der Waals surface area contributed by atoms with Gasteiger partial charge >= 0.3 is 0 Å². The first kappa shape index (κ1) is 16.3. The molecule has 20 heavy (non-hydrogen) atoms. The fraction of sp³-hybridized carbons (Fsp3) is 1.00. The SMILES string of the molecule is CC(C)CN1CCC(CN2CCC(C(C)C)CC2)CC1. The Morgan fingerprint density at radius 2 is 1.35 bits per heavy atom. The highest BCUT2D eigenvalue weighted by Crippen LogP contribution is 2.26. The third-order valence-electron chi connectivity index (χ3n) is 5.42. The van der Waals surface area contributed by atoms with Crippen molar-refractivity contribution >= 4 is 0 Å². The maximum Gasteiger partial charge on any atom is 0.00106 e. The van der Waals surface area contributed by atoms with Gasteiger partial charge in [-0.25, -0.2) is 0 Å². The summed E-state index contributed by atoms with van der Waals surface area (Å²) in [5.41, 5.74) is 0. The molecule has 0 aromatic rings. The van der Waals surface area contributed by atoms with Gasteiger partial charge in [0.2, 0.25) is 0 Å². The van der Waals surface area contributed by atoms with Gasteiger partial charge in [-0.2, -0.15) is 0 Å². The summed E-state index contributed by atoms with van der Waals surface area (Å²) in [5.74, 6) is 3.66. The molecule has 0 atom stereocenters. The van der Waals surface area contributed by atoms with E-state index in [2.05, 4.69) is 37.5 Å². The van der Waals surface area contributed by atoms with Crippen LogP contribution in [-0.2, 0) is 0 Å². The highest BCUT2D eigenvalue weighted by atomic mass is 15.2. The second-order valence-corrected chi connectivity index (χ2v) is 8.02. The van der Waals surface area contributed by atoms with Crippen LogP contribution in [0.25, 0.3) is 0 Å². The fourth-order valence-corrected chi connectivity index (χ4v) is 4.04. The Kier molecular flexibility index (Phi) is 6.35. The lowest BCUT2D eigenvalue weighted by atomic mass is 9.86. The zero-order chi connectivity index (χ0) is 14.5. The molecule has 2 heteroatoms. The lowest BCUT2D eigenvalue weighted by Crippen LogP contribution is -2.42. The molecule has 2 aliphatic rings. The average molecular weight is 280 g/mol. The smallest absolute Gasteiger partial charge is 0.00106 e. The van der Waals surface area contributed by atoms with Crippen LogP contribution in [0.15, 0.2) is 0 Å². The van der Waals surface area contributed by atoms with E-state index < -0.39 is 0 Å². The Hall–Kier alpha value is -0.0800. The summed E-state index contributed by atoms with van der Waals surface area (Å²) in [6, 6.07) is 0. The average Bonchev–Trinajstić information content (AvgIpc) is 2.41. The zero-order valence-corrected chi connectivity index (χ0v) is 14.3. The van der Waals surface area contributed by atoms with Gasteiger partial charge in [0, 0.05) is 13.1 Å². The van der Waals surface area contributed by atoms with Crippen molar-refractivity contribution in [3.05, 3.63) is 0 Å². The topological polar surface area (TPSA) is 6.48 Å². The molecule has 2 rings (SSSR count). The quantitative estimate of drug-likeness (QED) is 0.757. The molecule has 0 aromatic carbocycles. The Morgan fingerprint density at radius 3 is 1.85 bits per heavy atom. The standard InChI is InChI=1S/C18H36N2/c1-15(2)13-19-9-5-17(6-10-19)14-20-11-7-18(8-12-20)16(3)4/h15-18H,5-14H2,1-4H3. The summed E-state index contributed by atoms with van der Waals surface area (Å²) in [4.78, 5) is 5.42. The molecule has 2 fully saturated rings. The summed E-state index contributed by atoms with van der Waals surface area (Å²) < 4.78 is 0. The predicted octanol–water partition coefficient (Wildman–Crippen LogP) is 3.72. The summed E-state index contributed by atoms with van der Waals surface area (Å²) >= 11 is 0. The fourth-order valence-electron chi connectivity index (χ4n) is 4.04. The Morgan fingerprint density at radius 1 is 0.800 bits per heavy atom. The van der Waals surface area contributed by atoms with Crippen LogP contribution in [0, 0.1) is 23.7 Å². The predicted molar refractivity (Wildman–Crippen MR) is 88.0 cm³/mol. The van der Waals surface area contributed by atoms with E-state index in [1.165, 1.54) is 65.0 Å². The minimum Gasteiger partial charge on any atom is -0.303 e. The van der Waals surface area contributed by atoms with Gasteiger partial charge in [0.15, 0.2) is 0 Å². The van der Waals surface area contributed by atoms with Gasteiger partial charge in [-0.1, -0.05) is 27.7 Å². The van der Waals surface area contributed by atoms with Crippen molar-refractivity contribution in [2.45, 2.75) is 53.4 Å². The molecule has 0 aliphatic carbocycles. The third kappa shape index (κ3) is 5.04. The van der Waals surface area contributed by atoms with Gasteiger partial charge in [0.1, 0.15) is 0 Å². The molecule has 0 aromatic heterocycles. The summed E-state index contributed by atoms with van der Waals surface area (Å²) in [6.45, 7) is 17.5. The first-order valence-corrected chi connectivity index (χ1v) is 8.99. The van der Waals surface area contributed by atoms with Crippen molar-refractivity contribution in [1.29, 1.82) is 0 Å². The zero-order valence-electron chi connectivity index (χ0n) is 14.3. The second-order valence-electron chi connectivity index (χ2n) is 8.02. The van der Waals surface area contributed by atoms with Crippen LogP contribution in [-0.4, -0.2) is 49.1 Å². The van der Waals surface area contributed by atoms with Crippen LogP contribution in [0.4, 0.5) is 0 Å². The molecule has 2 heterocycles. The number of nitrogens with zero attached hydrogens (tertiary/aromatic N) is 2. The molecular formula is C18H36N2. The number of piperidine rings is 2. The molecule has 0 radical (unpaired) electrons. The van der Waals surface area contributed by atoms with E-state index in [0.29, 0.717) is 0 Å². The van der Waals surface area contributed by atoms with Crippen LogP contribution in [0.5, 0.6) is 0 Å². The van der Waals surface area contributed by atoms with Crippen LogP contribution in [0.1, 0.15) is 53.4 Å². The third-order valence-corrected chi connectivity index (χ3v) is 5.42. The van der Waals surface area contributed by atoms with E-state index in [0.717, 1.165) is 23.7 Å². The van der Waals surface area contributed by atoms with Gasteiger partial charge in [-0.15, -0.1) is 0 Å². The Labute approximate surface area is 126 Å². The van der Waals surface area contributed by atoms with Crippen molar-refractivity contribution in [3.63, 3.8) is 0 Å². The lowest BCUT2D eigenvalue weighted by Gasteiger charge is -2.38. The van der Waals surface area contributed by atoms with Crippen LogP contribution in [0.2, 0.25) is 0 Å². The Balaban J connectivity index is 1.64. The second kappa shape index (κ2) is 7.79. The minimum atomic E-state index is 0.821. The molecule has 2 aliphatic heterocycles. The molecule has 2 saturated heterocycles. The van der Waals surface area contributed by atoms with E-state index in [9.17, 15) is 0 Å². The Bertz CT molecular complexity index is 259. The van der Waals surface area contributed by atoms with Crippen molar-refractivity contribution in [2.24, 2.45) is 23.7 Å². The van der Waals surface area contributed by atoms with E-state index in [1.54, 1.807) is 0 Å². The lowest BCUT2D eigenvalue weighted by molar-refractivity contribution is 0.104. The van der Waals surface area contributed by atoms with Crippen LogP contribution >= 0.6 is 0 Å². The molecule has 0 N–H and O–H groups in total. The van der Waals surface area contributed by atoms with Gasteiger partial charge < -0.3 is 9.80 Å². The number of likely N-dealkylation sites (tertiary alicyclic amines) is 2. The van der Waals surface area contributed by atoms with E-state index in [4.69, 9.17) is 0 Å². The van der Waals surface area contributed by atoms with Crippen LogP contribution < -0.4 is 0 Å². The van der Waals surface area contributed by atoms with E-state index >= 15 is 0 Å². The first-order chi connectivity index (χ1) is 9.54. The van der Waals surface area contributed by atoms with Crippen LogP contribution in [0.3, 0.4) is 0 Å². The van der Waals surface area contributed by atoms with Gasteiger partial charge in [-0.3, -0.25) is 0 Å². The summed E-state index contributed by atoms with van der Waals surface area (Å²) in [6.07, 6.45) is 5.72. The normalized spacial score (nSPS) is 24.9. The number of rotatable bonds is 5. The van der Waals surface area contributed by atoms with Crippen molar-refractivity contribution in [2.75, 3.05) is 39.3 Å². The molecule has 0 saturated carbocycles. The number of hydrogen-bond acceptors (Lipinski definition) is 2. The molecule has 118 valence electrons. The molecular weight excluding hydrogens is 244 g/mol. The van der Waals surface area contributed by atoms with E-state index in [-0.39, 0.29) is 0 Å².